The van der Waals surface area contributed by atoms with E-state index in [1.165, 1.54) is 51.8 Å². The van der Waals surface area contributed by atoms with Crippen LogP contribution in [0.1, 0.15) is 5.56 Å². The Hall–Kier alpha value is -3.43. The molecule has 0 bridgehead atoms. The molecule has 0 saturated heterocycles. The fourth-order valence-electron chi connectivity index (χ4n) is 2.25. The van der Waals surface area contributed by atoms with Gasteiger partial charge in [0.25, 0.3) is 0 Å². The Kier molecular flexibility index (Phi) is 7.29. The molecule has 1 N–H and O–H groups in total. The van der Waals surface area contributed by atoms with E-state index < -0.39 is 18.7 Å². The average molecular weight is 412 g/mol. The number of amides is 1. The van der Waals surface area contributed by atoms with Gasteiger partial charge in [0.1, 0.15) is 0 Å². The number of anilines is 1. The predicted molar refractivity (Wildman–Crippen MR) is 99.5 cm³/mol. The van der Waals surface area contributed by atoms with Crippen LogP contribution in [0.4, 0.5) is 18.9 Å². The Morgan fingerprint density at radius 1 is 1.10 bits per heavy atom. The van der Waals surface area contributed by atoms with Gasteiger partial charge in [0.2, 0.25) is 17.5 Å². The zero-order valence-electron chi connectivity index (χ0n) is 15.9. The molecule has 1 aromatic heterocycles. The van der Waals surface area contributed by atoms with Crippen LogP contribution < -0.4 is 24.3 Å². The standard InChI is InChI=1S/C19H19F3N2O5/c1-26-14-8-12(9-15(27-2)18(14)28-3)4-6-16(25)24-13-5-7-17(23-10-13)29-11-19(20,21)22/h4-10H,11H2,1-3H3,(H,24,25)/b6-4+. The van der Waals surface area contributed by atoms with E-state index in [0.29, 0.717) is 28.5 Å². The van der Waals surface area contributed by atoms with Crippen LogP contribution in [0.15, 0.2) is 36.5 Å². The molecule has 0 spiro atoms. The number of aromatic nitrogens is 1. The van der Waals surface area contributed by atoms with E-state index in [9.17, 15) is 18.0 Å². The molecule has 2 aromatic rings. The topological polar surface area (TPSA) is 78.9 Å². The summed E-state index contributed by atoms with van der Waals surface area (Å²) in [6.07, 6.45) is -0.453. The SMILES string of the molecule is COc1cc(/C=C/C(=O)Nc2ccc(OCC(F)(F)F)nc2)cc(OC)c1OC. The molecule has 29 heavy (non-hydrogen) atoms. The van der Waals surface area contributed by atoms with Crippen LogP contribution in [0.5, 0.6) is 23.1 Å². The number of hydrogen-bond donors (Lipinski definition) is 1. The van der Waals surface area contributed by atoms with Crippen LogP contribution in [0.2, 0.25) is 0 Å². The first-order valence-corrected chi connectivity index (χ1v) is 8.20. The van der Waals surface area contributed by atoms with Gasteiger partial charge in [-0.25, -0.2) is 4.98 Å². The van der Waals surface area contributed by atoms with Crippen molar-refractivity contribution in [2.75, 3.05) is 33.3 Å². The molecule has 0 saturated carbocycles. The highest BCUT2D eigenvalue weighted by Crippen LogP contribution is 2.38. The number of hydrogen-bond acceptors (Lipinski definition) is 6. The summed E-state index contributed by atoms with van der Waals surface area (Å²) in [5, 5.41) is 2.54. The lowest BCUT2D eigenvalue weighted by Crippen LogP contribution is -2.19. The summed E-state index contributed by atoms with van der Waals surface area (Å²) in [4.78, 5) is 15.8. The van der Waals surface area contributed by atoms with Crippen molar-refractivity contribution in [2.45, 2.75) is 6.18 Å². The first-order valence-electron chi connectivity index (χ1n) is 8.20. The Morgan fingerprint density at radius 2 is 1.76 bits per heavy atom. The Bertz CT molecular complexity index is 842. The lowest BCUT2D eigenvalue weighted by molar-refractivity contribution is -0.154. The number of nitrogens with one attached hydrogen (secondary N) is 1. The predicted octanol–water partition coefficient (Wildman–Crippen LogP) is 3.70. The van der Waals surface area contributed by atoms with Crippen molar-refractivity contribution < 1.29 is 36.9 Å². The van der Waals surface area contributed by atoms with Gasteiger partial charge in [0.15, 0.2) is 18.1 Å². The van der Waals surface area contributed by atoms with Gasteiger partial charge >= 0.3 is 6.18 Å². The van der Waals surface area contributed by atoms with Crippen molar-refractivity contribution in [2.24, 2.45) is 0 Å². The molecule has 0 aliphatic carbocycles. The summed E-state index contributed by atoms with van der Waals surface area (Å²) in [5.41, 5.74) is 0.924. The summed E-state index contributed by atoms with van der Waals surface area (Å²) in [6.45, 7) is -1.44. The Morgan fingerprint density at radius 3 is 2.24 bits per heavy atom. The third-order valence-corrected chi connectivity index (χ3v) is 3.50. The number of carbonyl (C=O) groups is 1. The van der Waals surface area contributed by atoms with Gasteiger partial charge in [-0.05, 0) is 29.8 Å². The maximum Gasteiger partial charge on any atom is 0.422 e. The van der Waals surface area contributed by atoms with E-state index in [4.69, 9.17) is 14.2 Å². The molecule has 0 radical (unpaired) electrons. The van der Waals surface area contributed by atoms with Crippen LogP contribution in [-0.4, -0.2) is 45.0 Å². The second-order valence-corrected chi connectivity index (χ2v) is 5.57. The van der Waals surface area contributed by atoms with E-state index in [1.807, 2.05) is 0 Å². The number of carbonyl (C=O) groups excluding carboxylic acids is 1. The lowest BCUT2D eigenvalue weighted by Gasteiger charge is -2.12. The van der Waals surface area contributed by atoms with Crippen LogP contribution in [-0.2, 0) is 4.79 Å². The van der Waals surface area contributed by atoms with Crippen molar-refractivity contribution in [3.05, 3.63) is 42.1 Å². The second kappa shape index (κ2) is 9.67. The molecular weight excluding hydrogens is 393 g/mol. The molecular formula is C19H19F3N2O5. The van der Waals surface area contributed by atoms with E-state index >= 15 is 0 Å². The van der Waals surface area contributed by atoms with Crippen molar-refractivity contribution in [1.29, 1.82) is 0 Å². The average Bonchev–Trinajstić information content (AvgIpc) is 2.70. The van der Waals surface area contributed by atoms with Crippen LogP contribution in [0.3, 0.4) is 0 Å². The molecule has 0 unspecified atom stereocenters. The normalized spacial score (nSPS) is 11.2. The summed E-state index contributed by atoms with van der Waals surface area (Å²) in [7, 11) is 4.44. The van der Waals surface area contributed by atoms with Gasteiger partial charge in [-0.2, -0.15) is 13.2 Å². The zero-order valence-corrected chi connectivity index (χ0v) is 15.9. The Balaban J connectivity index is 2.02. The number of rotatable bonds is 8. The van der Waals surface area contributed by atoms with Gasteiger partial charge in [-0.1, -0.05) is 0 Å². The smallest absolute Gasteiger partial charge is 0.422 e. The number of benzene rings is 1. The summed E-state index contributed by atoms with van der Waals surface area (Å²) in [5.74, 6) is 0.629. The molecule has 1 aromatic carbocycles. The minimum atomic E-state index is -4.45. The highest BCUT2D eigenvalue weighted by atomic mass is 19.4. The molecule has 10 heteroatoms. The van der Waals surface area contributed by atoms with E-state index in [0.717, 1.165) is 0 Å². The quantitative estimate of drug-likeness (QED) is 0.666. The minimum Gasteiger partial charge on any atom is -0.493 e. The number of methoxy groups -OCH3 is 3. The molecule has 7 nitrogen and oxygen atoms in total. The molecule has 0 aliphatic heterocycles. The fourth-order valence-corrected chi connectivity index (χ4v) is 2.25. The number of halogens is 3. The maximum absolute atomic E-state index is 12.1. The van der Waals surface area contributed by atoms with E-state index in [2.05, 4.69) is 15.0 Å². The van der Waals surface area contributed by atoms with Crippen LogP contribution in [0, 0.1) is 0 Å². The largest absolute Gasteiger partial charge is 0.493 e. The first-order chi connectivity index (χ1) is 13.8. The molecule has 0 atom stereocenters. The summed E-state index contributed by atoms with van der Waals surface area (Å²) >= 11 is 0. The third kappa shape index (κ3) is 6.59. The number of nitrogens with zero attached hydrogens (tertiary/aromatic N) is 1. The molecule has 0 fully saturated rings. The number of pyridine rings is 1. The fraction of sp³-hybridized carbons (Fsp3) is 0.263. The van der Waals surface area contributed by atoms with Gasteiger partial charge in [0.05, 0.1) is 33.2 Å². The van der Waals surface area contributed by atoms with Gasteiger partial charge < -0.3 is 24.3 Å². The van der Waals surface area contributed by atoms with Crippen LogP contribution >= 0.6 is 0 Å². The zero-order chi connectivity index (χ0) is 21.4. The lowest BCUT2D eigenvalue weighted by atomic mass is 10.1. The second-order valence-electron chi connectivity index (χ2n) is 5.57. The number of alkyl halides is 3. The highest BCUT2D eigenvalue weighted by molar-refractivity contribution is 6.01. The van der Waals surface area contributed by atoms with Gasteiger partial charge in [-0.15, -0.1) is 0 Å². The summed E-state index contributed by atoms with van der Waals surface area (Å²) in [6, 6.07) is 5.94. The van der Waals surface area contributed by atoms with Crippen molar-refractivity contribution in [1.82, 2.24) is 4.98 Å². The third-order valence-electron chi connectivity index (χ3n) is 3.50. The monoisotopic (exact) mass is 412 g/mol. The van der Waals surface area contributed by atoms with E-state index in [1.54, 1.807) is 12.1 Å². The molecule has 0 aliphatic rings. The first kappa shape index (κ1) is 21.9. The van der Waals surface area contributed by atoms with Crippen LogP contribution in [0.25, 0.3) is 6.08 Å². The highest BCUT2D eigenvalue weighted by Gasteiger charge is 2.28. The Labute approximate surface area is 165 Å². The number of ether oxygens (including phenoxy) is 4. The van der Waals surface area contributed by atoms with E-state index in [-0.39, 0.29) is 5.88 Å². The van der Waals surface area contributed by atoms with Crippen molar-refractivity contribution in [3.8, 4) is 23.1 Å². The van der Waals surface area contributed by atoms with Crippen molar-refractivity contribution in [3.63, 3.8) is 0 Å². The van der Waals surface area contributed by atoms with Gasteiger partial charge in [-0.3, -0.25) is 4.79 Å². The molecule has 1 amide bonds. The molecule has 1 heterocycles. The molecule has 156 valence electrons. The maximum atomic E-state index is 12.1. The minimum absolute atomic E-state index is 0.201. The van der Waals surface area contributed by atoms with Crippen molar-refractivity contribution >= 4 is 17.7 Å². The molecule has 2 rings (SSSR count). The van der Waals surface area contributed by atoms with Gasteiger partial charge in [0, 0.05) is 12.1 Å². The summed E-state index contributed by atoms with van der Waals surface area (Å²) < 4.78 is 56.6.